The first-order valence-electron chi connectivity index (χ1n) is 10.6. The predicted octanol–water partition coefficient (Wildman–Crippen LogP) is 4.45. The Kier molecular flexibility index (Phi) is 5.97. The third kappa shape index (κ3) is 4.28. The summed E-state index contributed by atoms with van der Waals surface area (Å²) >= 11 is 0. The molecule has 0 aliphatic carbocycles. The van der Waals surface area contributed by atoms with Crippen LogP contribution >= 0.6 is 0 Å². The zero-order valence-corrected chi connectivity index (χ0v) is 18.0. The summed E-state index contributed by atoms with van der Waals surface area (Å²) in [7, 11) is 0. The number of rotatable bonds is 6. The number of aromatic nitrogens is 4. The Labute approximate surface area is 180 Å². The van der Waals surface area contributed by atoms with Crippen molar-refractivity contribution in [2.45, 2.75) is 39.7 Å². The van der Waals surface area contributed by atoms with Crippen LogP contribution in [0.2, 0.25) is 0 Å². The van der Waals surface area contributed by atoms with Crippen LogP contribution in [-0.2, 0) is 4.74 Å². The summed E-state index contributed by atoms with van der Waals surface area (Å²) < 4.78 is 20.8. The van der Waals surface area contributed by atoms with E-state index in [0.717, 1.165) is 30.6 Å². The minimum atomic E-state index is -0.449. The molecule has 0 aromatic carbocycles. The lowest BCUT2D eigenvalue weighted by atomic mass is 10.0. The zero-order chi connectivity index (χ0) is 22.0. The number of pyridine rings is 1. The number of ether oxygens (including phenoxy) is 1. The molecule has 1 unspecified atom stereocenters. The van der Waals surface area contributed by atoms with Gasteiger partial charge < -0.3 is 9.64 Å². The molecule has 162 valence electrons. The van der Waals surface area contributed by atoms with E-state index in [2.05, 4.69) is 34.9 Å². The molecule has 0 amide bonds. The molecule has 8 heteroatoms. The number of hydrogen-bond acceptors (Lipinski definition) is 6. The number of allylic oxidation sites excluding steroid dienone is 1. The first-order chi connectivity index (χ1) is 15.0. The first-order valence-corrected chi connectivity index (χ1v) is 10.6. The Morgan fingerprint density at radius 3 is 3.00 bits per heavy atom. The maximum atomic E-state index is 14.1. The van der Waals surface area contributed by atoms with Gasteiger partial charge in [-0.3, -0.25) is 4.98 Å². The number of fused-ring (bicyclic) bond motifs is 1. The largest absolute Gasteiger partial charge is 0.462 e. The van der Waals surface area contributed by atoms with E-state index >= 15 is 0 Å². The van der Waals surface area contributed by atoms with Gasteiger partial charge in [0.2, 0.25) is 0 Å². The molecule has 1 fully saturated rings. The average molecular weight is 423 g/mol. The molecule has 7 nitrogen and oxygen atoms in total. The van der Waals surface area contributed by atoms with Crippen LogP contribution in [0, 0.1) is 11.7 Å². The Morgan fingerprint density at radius 2 is 2.23 bits per heavy atom. The van der Waals surface area contributed by atoms with Gasteiger partial charge in [0.15, 0.2) is 5.65 Å². The molecular formula is C23H26FN5O2. The van der Waals surface area contributed by atoms with Gasteiger partial charge >= 0.3 is 5.97 Å². The minimum absolute atomic E-state index is 0.0565. The molecule has 0 N–H and O–H groups in total. The van der Waals surface area contributed by atoms with Gasteiger partial charge in [0.1, 0.15) is 17.2 Å². The van der Waals surface area contributed by atoms with Gasteiger partial charge in [0.05, 0.1) is 30.7 Å². The Hall–Kier alpha value is -3.29. The van der Waals surface area contributed by atoms with Crippen molar-refractivity contribution in [3.05, 3.63) is 59.4 Å². The van der Waals surface area contributed by atoms with Crippen molar-refractivity contribution in [2.75, 3.05) is 18.1 Å². The van der Waals surface area contributed by atoms with E-state index in [4.69, 9.17) is 9.72 Å². The van der Waals surface area contributed by atoms with E-state index in [1.54, 1.807) is 23.7 Å². The third-order valence-electron chi connectivity index (χ3n) is 5.31. The van der Waals surface area contributed by atoms with Crippen LogP contribution in [0.15, 0.2) is 36.8 Å². The smallest absolute Gasteiger partial charge is 0.343 e. The van der Waals surface area contributed by atoms with Gasteiger partial charge in [-0.1, -0.05) is 19.9 Å². The predicted molar refractivity (Wildman–Crippen MR) is 116 cm³/mol. The SMILES string of the molecule is CCOC(=O)c1cnn2ccc(N3CCCC3c3cc(F)cnc3/C=C/C(C)C)nc12. The monoisotopic (exact) mass is 423 g/mol. The standard InChI is InChI=1S/C23H26FN5O2/c1-4-31-23(30)18-14-26-29-11-9-21(27-22(18)29)28-10-5-6-20(28)17-12-16(24)13-25-19(17)8-7-15(2)3/h7-9,11-15,20H,4-6,10H2,1-3H3/b8-7+. The van der Waals surface area contributed by atoms with Crippen molar-refractivity contribution in [3.63, 3.8) is 0 Å². The molecule has 4 rings (SSSR count). The van der Waals surface area contributed by atoms with Crippen LogP contribution in [0.25, 0.3) is 11.7 Å². The summed E-state index contributed by atoms with van der Waals surface area (Å²) in [6.45, 7) is 7.00. The van der Waals surface area contributed by atoms with E-state index in [0.29, 0.717) is 22.9 Å². The molecule has 0 radical (unpaired) electrons. The van der Waals surface area contributed by atoms with Crippen LogP contribution in [0.1, 0.15) is 61.3 Å². The second-order valence-electron chi connectivity index (χ2n) is 7.92. The first kappa shape index (κ1) is 21.0. The summed E-state index contributed by atoms with van der Waals surface area (Å²) in [4.78, 5) is 23.5. The fourth-order valence-electron chi connectivity index (χ4n) is 3.89. The van der Waals surface area contributed by atoms with Crippen LogP contribution < -0.4 is 4.90 Å². The fraction of sp³-hybridized carbons (Fsp3) is 0.391. The van der Waals surface area contributed by atoms with Crippen LogP contribution in [0.4, 0.5) is 10.2 Å². The lowest BCUT2D eigenvalue weighted by Crippen LogP contribution is -2.25. The molecule has 0 bridgehead atoms. The van der Waals surface area contributed by atoms with E-state index in [9.17, 15) is 9.18 Å². The Bertz CT molecular complexity index is 1120. The molecule has 1 atom stereocenters. The van der Waals surface area contributed by atoms with Crippen LogP contribution in [-0.4, -0.2) is 38.7 Å². The van der Waals surface area contributed by atoms with Gasteiger partial charge in [-0.05, 0) is 43.9 Å². The van der Waals surface area contributed by atoms with Crippen molar-refractivity contribution >= 4 is 23.5 Å². The highest BCUT2D eigenvalue weighted by Gasteiger charge is 2.30. The summed E-state index contributed by atoms with van der Waals surface area (Å²) in [5.74, 6) is 0.277. The van der Waals surface area contributed by atoms with Crippen molar-refractivity contribution in [2.24, 2.45) is 5.92 Å². The number of halogens is 1. The number of hydrogen-bond donors (Lipinski definition) is 0. The molecule has 1 aliphatic heterocycles. The second kappa shape index (κ2) is 8.83. The summed E-state index contributed by atoms with van der Waals surface area (Å²) in [5, 5.41) is 4.20. The molecule has 1 saturated heterocycles. The highest BCUT2D eigenvalue weighted by Crippen LogP contribution is 2.37. The maximum Gasteiger partial charge on any atom is 0.343 e. The van der Waals surface area contributed by atoms with Crippen molar-refractivity contribution in [1.29, 1.82) is 0 Å². The number of carbonyl (C=O) groups is 1. The number of anilines is 1. The van der Waals surface area contributed by atoms with Crippen molar-refractivity contribution < 1.29 is 13.9 Å². The van der Waals surface area contributed by atoms with E-state index in [1.807, 2.05) is 12.1 Å². The van der Waals surface area contributed by atoms with Gasteiger partial charge in [0, 0.05) is 18.3 Å². The Balaban J connectivity index is 1.73. The van der Waals surface area contributed by atoms with E-state index < -0.39 is 5.97 Å². The molecule has 4 heterocycles. The van der Waals surface area contributed by atoms with Gasteiger partial charge in [-0.25, -0.2) is 18.7 Å². The minimum Gasteiger partial charge on any atom is -0.462 e. The number of esters is 1. The topological polar surface area (TPSA) is 72.6 Å². The highest BCUT2D eigenvalue weighted by molar-refractivity contribution is 5.95. The molecule has 0 spiro atoms. The zero-order valence-electron chi connectivity index (χ0n) is 18.0. The molecule has 31 heavy (non-hydrogen) atoms. The van der Waals surface area contributed by atoms with Crippen LogP contribution in [0.5, 0.6) is 0 Å². The normalized spacial score (nSPS) is 16.7. The van der Waals surface area contributed by atoms with Crippen molar-refractivity contribution in [3.8, 4) is 0 Å². The van der Waals surface area contributed by atoms with Gasteiger partial charge in [0.25, 0.3) is 0 Å². The van der Waals surface area contributed by atoms with Crippen molar-refractivity contribution in [1.82, 2.24) is 19.6 Å². The number of carbonyl (C=O) groups excluding carboxylic acids is 1. The Morgan fingerprint density at radius 1 is 1.39 bits per heavy atom. The summed E-state index contributed by atoms with van der Waals surface area (Å²) in [6, 6.07) is 3.37. The maximum absolute atomic E-state index is 14.1. The number of nitrogens with zero attached hydrogens (tertiary/aromatic N) is 5. The van der Waals surface area contributed by atoms with Crippen LogP contribution in [0.3, 0.4) is 0 Å². The summed E-state index contributed by atoms with van der Waals surface area (Å²) in [5.41, 5.74) is 2.38. The molecule has 0 saturated carbocycles. The molecule has 3 aromatic heterocycles. The lowest BCUT2D eigenvalue weighted by molar-refractivity contribution is 0.0528. The quantitative estimate of drug-likeness (QED) is 0.546. The van der Waals surface area contributed by atoms with E-state index in [-0.39, 0.29) is 18.5 Å². The average Bonchev–Trinajstić information content (AvgIpc) is 3.39. The molecular weight excluding hydrogens is 397 g/mol. The molecule has 3 aromatic rings. The fourth-order valence-corrected chi connectivity index (χ4v) is 3.89. The lowest BCUT2D eigenvalue weighted by Gasteiger charge is -2.27. The third-order valence-corrected chi connectivity index (χ3v) is 5.31. The highest BCUT2D eigenvalue weighted by atomic mass is 19.1. The van der Waals surface area contributed by atoms with E-state index in [1.165, 1.54) is 12.4 Å². The van der Waals surface area contributed by atoms with Gasteiger partial charge in [-0.2, -0.15) is 5.10 Å². The summed E-state index contributed by atoms with van der Waals surface area (Å²) in [6.07, 6.45) is 10.3. The van der Waals surface area contributed by atoms with Gasteiger partial charge in [-0.15, -0.1) is 0 Å². The molecule has 1 aliphatic rings. The second-order valence-corrected chi connectivity index (χ2v) is 7.92.